The summed E-state index contributed by atoms with van der Waals surface area (Å²) in [5, 5.41) is 0. The number of hydrogen-bond acceptors (Lipinski definition) is 5. The van der Waals surface area contributed by atoms with Gasteiger partial charge in [0.05, 0.1) is 0 Å². The molecule has 0 saturated carbocycles. The molecule has 0 spiro atoms. The number of ether oxygens (including phenoxy) is 1. The fraction of sp³-hybridized carbons (Fsp3) is 0.167. The number of benzene rings is 1. The summed E-state index contributed by atoms with van der Waals surface area (Å²) in [6, 6.07) is 7.85. The van der Waals surface area contributed by atoms with Crippen LogP contribution in [0.1, 0.15) is 12.5 Å². The van der Waals surface area contributed by atoms with Crippen LogP contribution in [0.2, 0.25) is 0 Å². The second-order valence-corrected chi connectivity index (χ2v) is 4.38. The highest BCUT2D eigenvalue weighted by atomic mass is 79.9. The number of hydrogen-bond donors (Lipinski definition) is 2. The van der Waals surface area contributed by atoms with Crippen LogP contribution in [0.4, 0.5) is 5.82 Å². The van der Waals surface area contributed by atoms with Crippen molar-refractivity contribution in [1.82, 2.24) is 9.97 Å². The van der Waals surface area contributed by atoms with Crippen LogP contribution in [0.3, 0.4) is 0 Å². The molecule has 0 radical (unpaired) electrons. The molecule has 0 unspecified atom stereocenters. The van der Waals surface area contributed by atoms with E-state index in [0.717, 1.165) is 12.2 Å². The summed E-state index contributed by atoms with van der Waals surface area (Å²) in [5.74, 6) is 6.94. The summed E-state index contributed by atoms with van der Waals surface area (Å²) in [6.07, 6.45) is 2.38. The van der Waals surface area contributed by atoms with E-state index < -0.39 is 0 Å². The van der Waals surface area contributed by atoms with Gasteiger partial charge in [0.1, 0.15) is 16.5 Å². The minimum atomic E-state index is 0.419. The van der Waals surface area contributed by atoms with Gasteiger partial charge in [0.15, 0.2) is 5.82 Å². The third-order valence-corrected chi connectivity index (χ3v) is 3.16. The van der Waals surface area contributed by atoms with Gasteiger partial charge in [0, 0.05) is 0 Å². The van der Waals surface area contributed by atoms with Crippen LogP contribution in [0.25, 0.3) is 0 Å². The van der Waals surface area contributed by atoms with Crippen LogP contribution in [0.5, 0.6) is 11.6 Å². The van der Waals surface area contributed by atoms with Crippen molar-refractivity contribution in [3.8, 4) is 11.6 Å². The number of nitrogens with zero attached hydrogens (tertiary/aromatic N) is 2. The van der Waals surface area contributed by atoms with Crippen LogP contribution in [-0.4, -0.2) is 9.97 Å². The molecule has 1 aromatic heterocycles. The Balaban J connectivity index is 2.22. The van der Waals surface area contributed by atoms with Gasteiger partial charge in [-0.2, -0.15) is 0 Å². The van der Waals surface area contributed by atoms with Gasteiger partial charge in [-0.15, -0.1) is 0 Å². The zero-order valence-electron chi connectivity index (χ0n) is 9.85. The lowest BCUT2D eigenvalue weighted by atomic mass is 10.2. The Morgan fingerprint density at radius 1 is 1.28 bits per heavy atom. The molecule has 3 N–H and O–H groups in total. The van der Waals surface area contributed by atoms with Crippen molar-refractivity contribution in [2.24, 2.45) is 5.84 Å². The van der Waals surface area contributed by atoms with E-state index in [0.29, 0.717) is 16.2 Å². The molecule has 6 heteroatoms. The third-order valence-electron chi connectivity index (χ3n) is 2.44. The zero-order valence-corrected chi connectivity index (χ0v) is 11.4. The van der Waals surface area contributed by atoms with E-state index in [1.54, 1.807) is 0 Å². The molecule has 5 nitrogen and oxygen atoms in total. The van der Waals surface area contributed by atoms with Crippen LogP contribution in [-0.2, 0) is 6.42 Å². The Bertz CT molecular complexity index is 530. The fourth-order valence-electron chi connectivity index (χ4n) is 1.43. The third kappa shape index (κ3) is 2.77. The Kier molecular flexibility index (Phi) is 4.11. The normalized spacial score (nSPS) is 10.2. The Hall–Kier alpha value is -1.66. The number of nitrogens with one attached hydrogen (secondary N) is 1. The Morgan fingerprint density at radius 2 is 2.00 bits per heavy atom. The lowest BCUT2D eigenvalue weighted by Crippen LogP contribution is -2.09. The number of aryl methyl sites for hydroxylation is 1. The highest BCUT2D eigenvalue weighted by molar-refractivity contribution is 9.10. The molecule has 0 saturated heterocycles. The molecule has 0 amide bonds. The van der Waals surface area contributed by atoms with Crippen LogP contribution >= 0.6 is 15.9 Å². The van der Waals surface area contributed by atoms with Crippen molar-refractivity contribution < 1.29 is 4.74 Å². The summed E-state index contributed by atoms with van der Waals surface area (Å²) < 4.78 is 6.25. The van der Waals surface area contributed by atoms with Crippen molar-refractivity contribution >= 4 is 21.7 Å². The van der Waals surface area contributed by atoms with Gasteiger partial charge < -0.3 is 10.2 Å². The minimum Gasteiger partial charge on any atom is -0.438 e. The van der Waals surface area contributed by atoms with Crippen LogP contribution in [0, 0.1) is 0 Å². The van der Waals surface area contributed by atoms with E-state index >= 15 is 0 Å². The molecule has 2 rings (SSSR count). The Labute approximate surface area is 113 Å². The first-order chi connectivity index (χ1) is 8.74. The summed E-state index contributed by atoms with van der Waals surface area (Å²) >= 11 is 3.33. The molecule has 18 heavy (non-hydrogen) atoms. The first-order valence-corrected chi connectivity index (χ1v) is 6.27. The topological polar surface area (TPSA) is 73.1 Å². The van der Waals surface area contributed by atoms with Gasteiger partial charge in [0.25, 0.3) is 0 Å². The van der Waals surface area contributed by atoms with Crippen molar-refractivity contribution in [2.75, 3.05) is 5.43 Å². The molecule has 1 aromatic carbocycles. The zero-order chi connectivity index (χ0) is 13.0. The second kappa shape index (κ2) is 5.79. The predicted molar refractivity (Wildman–Crippen MR) is 73.4 cm³/mol. The molecule has 1 heterocycles. The van der Waals surface area contributed by atoms with E-state index in [4.69, 9.17) is 10.6 Å². The van der Waals surface area contributed by atoms with Gasteiger partial charge in [-0.3, -0.25) is 0 Å². The molecule has 0 fully saturated rings. The first-order valence-electron chi connectivity index (χ1n) is 5.48. The fourth-order valence-corrected chi connectivity index (χ4v) is 1.83. The number of anilines is 1. The maximum absolute atomic E-state index is 5.66. The second-order valence-electron chi connectivity index (χ2n) is 3.59. The molecule has 0 aliphatic heterocycles. The molecular weight excluding hydrogens is 296 g/mol. The molecule has 0 bridgehead atoms. The van der Waals surface area contributed by atoms with E-state index in [2.05, 4.69) is 38.2 Å². The highest BCUT2D eigenvalue weighted by Gasteiger charge is 2.09. The average molecular weight is 309 g/mol. The van der Waals surface area contributed by atoms with E-state index in [1.807, 2.05) is 24.3 Å². The van der Waals surface area contributed by atoms with Crippen LogP contribution in [0.15, 0.2) is 35.1 Å². The standard InChI is InChI=1S/C12H13BrN4O/c1-2-8-3-5-9(6-4-8)18-12-10(13)11(17-14)15-7-16-12/h3-7H,2,14H2,1H3,(H,15,16,17). The number of aromatic nitrogens is 2. The summed E-state index contributed by atoms with van der Waals surface area (Å²) in [5.41, 5.74) is 3.72. The molecule has 0 aliphatic carbocycles. The number of nitrogens with two attached hydrogens (primary N) is 1. The van der Waals surface area contributed by atoms with Gasteiger partial charge in [-0.1, -0.05) is 19.1 Å². The Morgan fingerprint density at radius 3 is 2.61 bits per heavy atom. The van der Waals surface area contributed by atoms with Gasteiger partial charge in [-0.05, 0) is 40.0 Å². The summed E-state index contributed by atoms with van der Waals surface area (Å²) in [7, 11) is 0. The van der Waals surface area contributed by atoms with Crippen molar-refractivity contribution in [2.45, 2.75) is 13.3 Å². The monoisotopic (exact) mass is 308 g/mol. The van der Waals surface area contributed by atoms with Crippen LogP contribution < -0.4 is 16.0 Å². The van der Waals surface area contributed by atoms with Crippen molar-refractivity contribution in [3.63, 3.8) is 0 Å². The van der Waals surface area contributed by atoms with E-state index in [9.17, 15) is 0 Å². The molecular formula is C12H13BrN4O. The maximum Gasteiger partial charge on any atom is 0.238 e. The number of rotatable bonds is 4. The van der Waals surface area contributed by atoms with Gasteiger partial charge >= 0.3 is 0 Å². The molecule has 0 atom stereocenters. The average Bonchev–Trinajstić information content (AvgIpc) is 2.42. The quantitative estimate of drug-likeness (QED) is 0.671. The minimum absolute atomic E-state index is 0.419. The maximum atomic E-state index is 5.66. The highest BCUT2D eigenvalue weighted by Crippen LogP contribution is 2.31. The molecule has 2 aromatic rings. The van der Waals surface area contributed by atoms with Crippen molar-refractivity contribution in [1.29, 1.82) is 0 Å². The number of hydrazine groups is 1. The lowest BCUT2D eigenvalue weighted by molar-refractivity contribution is 0.458. The smallest absolute Gasteiger partial charge is 0.238 e. The van der Waals surface area contributed by atoms with Gasteiger partial charge in [-0.25, -0.2) is 15.8 Å². The first kappa shape index (κ1) is 12.8. The predicted octanol–water partition coefficient (Wildman–Crippen LogP) is 2.88. The number of halogens is 1. The summed E-state index contributed by atoms with van der Waals surface area (Å²) in [4.78, 5) is 8.00. The largest absolute Gasteiger partial charge is 0.438 e. The lowest BCUT2D eigenvalue weighted by Gasteiger charge is -2.09. The van der Waals surface area contributed by atoms with Gasteiger partial charge in [0.2, 0.25) is 5.88 Å². The van der Waals surface area contributed by atoms with E-state index in [1.165, 1.54) is 11.9 Å². The molecule has 0 aliphatic rings. The van der Waals surface area contributed by atoms with E-state index in [-0.39, 0.29) is 0 Å². The number of nitrogen functional groups attached to an aromatic ring is 1. The summed E-state index contributed by atoms with van der Waals surface area (Å²) in [6.45, 7) is 2.11. The SMILES string of the molecule is CCc1ccc(Oc2ncnc(NN)c2Br)cc1. The molecule has 94 valence electrons. The van der Waals surface area contributed by atoms with Crippen molar-refractivity contribution in [3.05, 3.63) is 40.6 Å².